The van der Waals surface area contributed by atoms with E-state index in [0.29, 0.717) is 0 Å². The Bertz CT molecular complexity index is 970. The maximum Gasteiger partial charge on any atom is 0.255 e. The van der Waals surface area contributed by atoms with E-state index in [1.807, 2.05) is 13.0 Å². The van der Waals surface area contributed by atoms with Crippen LogP contribution in [0, 0.1) is 0 Å². The second kappa shape index (κ2) is 7.70. The van der Waals surface area contributed by atoms with Gasteiger partial charge in [-0.25, -0.2) is 13.6 Å². The summed E-state index contributed by atoms with van der Waals surface area (Å²) in [6.45, 7) is 1.90. The number of hydrogen-bond donors (Lipinski definition) is 2. The van der Waals surface area contributed by atoms with Crippen LogP contribution in [0.15, 0.2) is 41.3 Å². The van der Waals surface area contributed by atoms with Crippen molar-refractivity contribution in [2.24, 2.45) is 5.14 Å². The summed E-state index contributed by atoms with van der Waals surface area (Å²) in [6.07, 6.45) is 4.58. The molecule has 2 aromatic rings. The fraction of sp³-hybridized carbons (Fsp3) is 0.350. The lowest BCUT2D eigenvalue weighted by molar-refractivity contribution is 0.0936. The van der Waals surface area contributed by atoms with E-state index in [-0.39, 0.29) is 22.3 Å². The normalized spacial score (nSPS) is 14.9. The molecule has 1 aliphatic carbocycles. The van der Waals surface area contributed by atoms with E-state index in [0.717, 1.165) is 18.4 Å². The molecule has 3 N–H and O–H groups in total. The summed E-state index contributed by atoms with van der Waals surface area (Å²) in [7, 11) is -2.48. The zero-order chi connectivity index (χ0) is 19.6. The summed E-state index contributed by atoms with van der Waals surface area (Å²) < 4.78 is 28.4. The number of primary sulfonamides is 1. The van der Waals surface area contributed by atoms with E-state index in [1.54, 1.807) is 0 Å². The molecule has 0 aliphatic heterocycles. The topological polar surface area (TPSA) is 98.5 Å². The average molecular weight is 388 g/mol. The highest BCUT2D eigenvalue weighted by Gasteiger charge is 2.20. The van der Waals surface area contributed by atoms with Gasteiger partial charge in [-0.05, 0) is 67.5 Å². The van der Waals surface area contributed by atoms with Gasteiger partial charge >= 0.3 is 0 Å². The smallest absolute Gasteiger partial charge is 0.255 e. The first-order valence-corrected chi connectivity index (χ1v) is 10.5. The zero-order valence-electron chi connectivity index (χ0n) is 15.5. The van der Waals surface area contributed by atoms with Crippen LogP contribution in [0.2, 0.25) is 0 Å². The number of carbonyl (C=O) groups excluding carboxylic acids is 1. The highest BCUT2D eigenvalue weighted by molar-refractivity contribution is 7.89. The number of aryl methyl sites for hydroxylation is 2. The molecule has 3 rings (SSSR count). The lowest BCUT2D eigenvalue weighted by Gasteiger charge is -2.20. The van der Waals surface area contributed by atoms with Crippen molar-refractivity contribution < 1.29 is 17.9 Å². The molecule has 27 heavy (non-hydrogen) atoms. The molecule has 0 bridgehead atoms. The first-order chi connectivity index (χ1) is 12.8. The predicted octanol–water partition coefficient (Wildman–Crippen LogP) is 2.71. The Kier molecular flexibility index (Phi) is 5.53. The Morgan fingerprint density at radius 3 is 2.48 bits per heavy atom. The molecule has 0 fully saturated rings. The third kappa shape index (κ3) is 4.31. The van der Waals surface area contributed by atoms with Gasteiger partial charge in [0.25, 0.3) is 5.91 Å². The quantitative estimate of drug-likeness (QED) is 0.823. The van der Waals surface area contributed by atoms with Gasteiger partial charge in [0.05, 0.1) is 23.6 Å². The van der Waals surface area contributed by atoms with Crippen molar-refractivity contribution >= 4 is 15.9 Å². The molecule has 7 heteroatoms. The van der Waals surface area contributed by atoms with Crippen molar-refractivity contribution in [1.82, 2.24) is 5.32 Å². The maximum absolute atomic E-state index is 12.7. The standard InChI is InChI=1S/C20H24N2O4S/c1-13(15-8-7-14-5-3-4-6-16(14)11-15)22-20(23)18-12-17(27(21,24)25)9-10-19(18)26-2/h7-13H,3-6H2,1-2H3,(H,22,23)(H2,21,24,25). The summed E-state index contributed by atoms with van der Waals surface area (Å²) in [5.41, 5.74) is 3.87. The van der Waals surface area contributed by atoms with Gasteiger partial charge in [-0.3, -0.25) is 4.79 Å². The van der Waals surface area contributed by atoms with Crippen LogP contribution in [0.3, 0.4) is 0 Å². The monoisotopic (exact) mass is 388 g/mol. The van der Waals surface area contributed by atoms with Crippen LogP contribution in [0.5, 0.6) is 5.75 Å². The number of hydrogen-bond acceptors (Lipinski definition) is 4. The average Bonchev–Trinajstić information content (AvgIpc) is 2.66. The summed E-state index contributed by atoms with van der Waals surface area (Å²) in [5, 5.41) is 8.09. The van der Waals surface area contributed by atoms with Crippen molar-refractivity contribution in [2.45, 2.75) is 43.5 Å². The number of nitrogens with two attached hydrogens (primary N) is 1. The van der Waals surface area contributed by atoms with Crippen molar-refractivity contribution in [3.63, 3.8) is 0 Å². The Morgan fingerprint density at radius 2 is 1.81 bits per heavy atom. The minimum absolute atomic E-state index is 0.130. The molecule has 144 valence electrons. The van der Waals surface area contributed by atoms with E-state index in [9.17, 15) is 13.2 Å². The number of methoxy groups -OCH3 is 1. The Balaban J connectivity index is 1.84. The predicted molar refractivity (Wildman–Crippen MR) is 103 cm³/mol. The van der Waals surface area contributed by atoms with Gasteiger partial charge in [0.2, 0.25) is 10.0 Å². The fourth-order valence-corrected chi connectivity index (χ4v) is 3.96. The van der Waals surface area contributed by atoms with Crippen molar-refractivity contribution in [3.8, 4) is 5.75 Å². The van der Waals surface area contributed by atoms with Crippen LogP contribution >= 0.6 is 0 Å². The number of carbonyl (C=O) groups is 1. The summed E-state index contributed by atoms with van der Waals surface area (Å²) in [4.78, 5) is 12.6. The molecule has 0 spiro atoms. The number of rotatable bonds is 5. The van der Waals surface area contributed by atoms with Crippen LogP contribution in [0.1, 0.15) is 52.9 Å². The first-order valence-electron chi connectivity index (χ1n) is 8.93. The number of sulfonamides is 1. The van der Waals surface area contributed by atoms with Crippen LogP contribution in [-0.2, 0) is 22.9 Å². The van der Waals surface area contributed by atoms with Gasteiger partial charge in [0.1, 0.15) is 5.75 Å². The van der Waals surface area contributed by atoms with Crippen molar-refractivity contribution in [2.75, 3.05) is 7.11 Å². The Hall–Kier alpha value is -2.38. The third-order valence-corrected chi connectivity index (χ3v) is 5.88. The molecule has 0 aromatic heterocycles. The highest BCUT2D eigenvalue weighted by Crippen LogP contribution is 2.26. The van der Waals surface area contributed by atoms with Crippen LogP contribution < -0.4 is 15.2 Å². The van der Waals surface area contributed by atoms with Gasteiger partial charge in [-0.15, -0.1) is 0 Å². The van der Waals surface area contributed by atoms with E-state index in [2.05, 4.69) is 17.4 Å². The van der Waals surface area contributed by atoms with Crippen LogP contribution in [0.25, 0.3) is 0 Å². The number of benzene rings is 2. The highest BCUT2D eigenvalue weighted by atomic mass is 32.2. The summed E-state index contributed by atoms with van der Waals surface area (Å²) in [6, 6.07) is 10.1. The number of ether oxygens (including phenoxy) is 1. The Morgan fingerprint density at radius 1 is 1.11 bits per heavy atom. The van der Waals surface area contributed by atoms with Gasteiger partial charge in [0.15, 0.2) is 0 Å². The summed E-state index contributed by atoms with van der Waals surface area (Å²) >= 11 is 0. The largest absolute Gasteiger partial charge is 0.496 e. The second-order valence-corrected chi connectivity index (χ2v) is 8.40. The van der Waals surface area contributed by atoms with Gasteiger partial charge in [-0.2, -0.15) is 0 Å². The lowest BCUT2D eigenvalue weighted by atomic mass is 9.89. The summed E-state index contributed by atoms with van der Waals surface area (Å²) in [5.74, 6) is -0.125. The van der Waals surface area contributed by atoms with Crippen LogP contribution in [0.4, 0.5) is 0 Å². The molecule has 0 radical (unpaired) electrons. The molecule has 1 unspecified atom stereocenters. The van der Waals surface area contributed by atoms with E-state index >= 15 is 0 Å². The van der Waals surface area contributed by atoms with E-state index in [4.69, 9.17) is 9.88 Å². The maximum atomic E-state index is 12.7. The SMILES string of the molecule is COc1ccc(S(N)(=O)=O)cc1C(=O)NC(C)c1ccc2c(c1)CCCC2. The molecule has 1 aliphatic rings. The first kappa shape index (κ1) is 19.4. The second-order valence-electron chi connectivity index (χ2n) is 6.84. The van der Waals surface area contributed by atoms with Gasteiger partial charge in [0, 0.05) is 0 Å². The Labute approximate surface area is 159 Å². The number of nitrogens with one attached hydrogen (secondary N) is 1. The fourth-order valence-electron chi connectivity index (χ4n) is 3.42. The molecular weight excluding hydrogens is 364 g/mol. The van der Waals surface area contributed by atoms with Gasteiger partial charge < -0.3 is 10.1 Å². The molecular formula is C20H24N2O4S. The van der Waals surface area contributed by atoms with Crippen molar-refractivity contribution in [3.05, 3.63) is 58.7 Å². The lowest BCUT2D eigenvalue weighted by Crippen LogP contribution is -2.27. The van der Waals surface area contributed by atoms with E-state index in [1.165, 1.54) is 49.3 Å². The molecule has 1 amide bonds. The van der Waals surface area contributed by atoms with Crippen molar-refractivity contribution in [1.29, 1.82) is 0 Å². The minimum Gasteiger partial charge on any atom is -0.496 e. The molecule has 2 aromatic carbocycles. The molecule has 6 nitrogen and oxygen atoms in total. The van der Waals surface area contributed by atoms with E-state index < -0.39 is 15.9 Å². The molecule has 1 atom stereocenters. The third-order valence-electron chi connectivity index (χ3n) is 4.96. The number of fused-ring (bicyclic) bond motifs is 1. The number of amides is 1. The van der Waals surface area contributed by atoms with Crippen LogP contribution in [-0.4, -0.2) is 21.4 Å². The van der Waals surface area contributed by atoms with Gasteiger partial charge in [-0.1, -0.05) is 18.2 Å². The zero-order valence-corrected chi connectivity index (χ0v) is 16.3. The molecule has 0 saturated heterocycles. The molecule has 0 heterocycles. The molecule has 0 saturated carbocycles. The minimum atomic E-state index is -3.91.